The molecule has 0 fully saturated rings. The summed E-state index contributed by atoms with van der Waals surface area (Å²) < 4.78 is 10.5. The highest BCUT2D eigenvalue weighted by atomic mass is 16.7. The van der Waals surface area contributed by atoms with E-state index in [4.69, 9.17) is 9.47 Å². The number of nitrogens with one attached hydrogen (secondary N) is 1. The van der Waals surface area contributed by atoms with Gasteiger partial charge in [-0.05, 0) is 24.6 Å². The molecule has 0 aromatic heterocycles. The van der Waals surface area contributed by atoms with Crippen LogP contribution >= 0.6 is 0 Å². The molecule has 6 nitrogen and oxygen atoms in total. The number of hydrogen-bond acceptors (Lipinski definition) is 5. The maximum absolute atomic E-state index is 11.6. The number of aliphatic hydroxyl groups is 1. The summed E-state index contributed by atoms with van der Waals surface area (Å²) in [6, 6.07) is 5.32. The van der Waals surface area contributed by atoms with Crippen molar-refractivity contribution in [3.63, 3.8) is 0 Å². The van der Waals surface area contributed by atoms with Gasteiger partial charge in [0.1, 0.15) is 0 Å². The third-order valence-electron chi connectivity index (χ3n) is 3.30. The van der Waals surface area contributed by atoms with E-state index in [1.807, 2.05) is 6.92 Å². The Labute approximate surface area is 118 Å². The van der Waals surface area contributed by atoms with Crippen molar-refractivity contribution in [1.82, 2.24) is 10.2 Å². The Bertz CT molecular complexity index is 478. The van der Waals surface area contributed by atoms with E-state index in [-0.39, 0.29) is 19.2 Å². The summed E-state index contributed by atoms with van der Waals surface area (Å²) in [6.07, 6.45) is -0.691. The highest BCUT2D eigenvalue weighted by Gasteiger charge is 2.16. The average molecular weight is 280 g/mol. The number of fused-ring (bicyclic) bond motifs is 1. The molecule has 1 heterocycles. The standard InChI is InChI=1S/C14H20N2O4/c1-3-16(2)14(18)8-15-7-11(17)10-4-5-12-13(6-10)20-9-19-12/h4-6,11,15,17H,3,7-9H2,1-2H3. The van der Waals surface area contributed by atoms with Gasteiger partial charge in [-0.1, -0.05) is 6.07 Å². The summed E-state index contributed by atoms with van der Waals surface area (Å²) in [5.74, 6) is 1.34. The van der Waals surface area contributed by atoms with Gasteiger partial charge in [-0.25, -0.2) is 0 Å². The molecule has 1 aliphatic rings. The van der Waals surface area contributed by atoms with Crippen LogP contribution in [0, 0.1) is 0 Å². The van der Waals surface area contributed by atoms with E-state index in [1.165, 1.54) is 0 Å². The van der Waals surface area contributed by atoms with Crippen LogP contribution in [0.1, 0.15) is 18.6 Å². The third-order valence-corrected chi connectivity index (χ3v) is 3.30. The molecule has 0 aliphatic carbocycles. The molecule has 0 saturated carbocycles. The first kappa shape index (κ1) is 14.6. The minimum Gasteiger partial charge on any atom is -0.454 e. The lowest BCUT2D eigenvalue weighted by atomic mass is 10.1. The molecule has 1 amide bonds. The van der Waals surface area contributed by atoms with Crippen molar-refractivity contribution in [2.75, 3.05) is 33.5 Å². The van der Waals surface area contributed by atoms with Crippen LogP contribution in [0.2, 0.25) is 0 Å². The zero-order valence-corrected chi connectivity index (χ0v) is 11.8. The predicted molar refractivity (Wildman–Crippen MR) is 73.7 cm³/mol. The second-order valence-electron chi connectivity index (χ2n) is 4.67. The smallest absolute Gasteiger partial charge is 0.236 e. The molecule has 110 valence electrons. The Hall–Kier alpha value is -1.79. The van der Waals surface area contributed by atoms with Gasteiger partial charge in [-0.3, -0.25) is 4.79 Å². The van der Waals surface area contributed by atoms with Crippen LogP contribution in [-0.2, 0) is 4.79 Å². The number of hydrogen-bond donors (Lipinski definition) is 2. The SMILES string of the molecule is CCN(C)C(=O)CNCC(O)c1ccc2c(c1)OCO2. The molecular weight excluding hydrogens is 260 g/mol. The first-order valence-electron chi connectivity index (χ1n) is 6.64. The maximum atomic E-state index is 11.6. The van der Waals surface area contributed by atoms with Gasteiger partial charge in [0.15, 0.2) is 11.5 Å². The molecule has 2 rings (SSSR count). The quantitative estimate of drug-likeness (QED) is 0.795. The van der Waals surface area contributed by atoms with Crippen molar-refractivity contribution < 1.29 is 19.4 Å². The minimum atomic E-state index is -0.691. The number of amides is 1. The first-order valence-corrected chi connectivity index (χ1v) is 6.64. The van der Waals surface area contributed by atoms with Gasteiger partial charge in [0.2, 0.25) is 12.7 Å². The number of aliphatic hydroxyl groups excluding tert-OH is 1. The average Bonchev–Trinajstić information content (AvgIpc) is 2.93. The lowest BCUT2D eigenvalue weighted by molar-refractivity contribution is -0.128. The minimum absolute atomic E-state index is 0.00499. The summed E-state index contributed by atoms with van der Waals surface area (Å²) in [4.78, 5) is 13.2. The highest BCUT2D eigenvalue weighted by Crippen LogP contribution is 2.33. The van der Waals surface area contributed by atoms with Gasteiger partial charge in [-0.15, -0.1) is 0 Å². The summed E-state index contributed by atoms with van der Waals surface area (Å²) in [7, 11) is 1.75. The fraction of sp³-hybridized carbons (Fsp3) is 0.500. The lowest BCUT2D eigenvalue weighted by Gasteiger charge is -2.16. The van der Waals surface area contributed by atoms with E-state index in [0.717, 1.165) is 5.56 Å². The molecule has 0 spiro atoms. The van der Waals surface area contributed by atoms with Crippen LogP contribution in [0.4, 0.5) is 0 Å². The number of likely N-dealkylation sites (N-methyl/N-ethyl adjacent to an activating group) is 1. The largest absolute Gasteiger partial charge is 0.454 e. The molecule has 0 radical (unpaired) electrons. The maximum Gasteiger partial charge on any atom is 0.236 e. The molecule has 1 unspecified atom stereocenters. The van der Waals surface area contributed by atoms with Crippen molar-refractivity contribution in [2.24, 2.45) is 0 Å². The Morgan fingerprint density at radius 1 is 1.45 bits per heavy atom. The summed E-state index contributed by atoms with van der Waals surface area (Å²) in [5.41, 5.74) is 0.734. The van der Waals surface area contributed by atoms with Crippen molar-refractivity contribution in [3.8, 4) is 11.5 Å². The third kappa shape index (κ3) is 3.40. The van der Waals surface area contributed by atoms with Gasteiger partial charge in [0, 0.05) is 20.1 Å². The topological polar surface area (TPSA) is 71.0 Å². The van der Waals surface area contributed by atoms with Crippen molar-refractivity contribution in [2.45, 2.75) is 13.0 Å². The second-order valence-corrected chi connectivity index (χ2v) is 4.67. The molecule has 1 aromatic rings. The van der Waals surface area contributed by atoms with Crippen LogP contribution in [0.15, 0.2) is 18.2 Å². The van der Waals surface area contributed by atoms with Gasteiger partial charge in [0.25, 0.3) is 0 Å². The first-order chi connectivity index (χ1) is 9.61. The van der Waals surface area contributed by atoms with Crippen LogP contribution in [-0.4, -0.2) is 49.4 Å². The highest BCUT2D eigenvalue weighted by molar-refractivity contribution is 5.77. The summed E-state index contributed by atoms with van der Waals surface area (Å²) in [5, 5.41) is 13.0. The van der Waals surface area contributed by atoms with Gasteiger partial charge >= 0.3 is 0 Å². The zero-order chi connectivity index (χ0) is 14.5. The number of rotatable bonds is 6. The van der Waals surface area contributed by atoms with Crippen molar-refractivity contribution in [1.29, 1.82) is 0 Å². The number of ether oxygens (including phenoxy) is 2. The Balaban J connectivity index is 1.83. The molecule has 20 heavy (non-hydrogen) atoms. The van der Waals surface area contributed by atoms with Gasteiger partial charge < -0.3 is 24.8 Å². The monoisotopic (exact) mass is 280 g/mol. The Morgan fingerprint density at radius 2 is 2.20 bits per heavy atom. The number of nitrogens with zero attached hydrogens (tertiary/aromatic N) is 1. The summed E-state index contributed by atoms with van der Waals surface area (Å²) >= 11 is 0. The lowest BCUT2D eigenvalue weighted by Crippen LogP contribution is -2.36. The van der Waals surface area contributed by atoms with Crippen molar-refractivity contribution in [3.05, 3.63) is 23.8 Å². The van der Waals surface area contributed by atoms with E-state index < -0.39 is 6.10 Å². The van der Waals surface area contributed by atoms with Crippen LogP contribution in [0.25, 0.3) is 0 Å². The molecule has 0 saturated heterocycles. The van der Waals surface area contributed by atoms with E-state index in [2.05, 4.69) is 5.32 Å². The zero-order valence-electron chi connectivity index (χ0n) is 11.8. The second kappa shape index (κ2) is 6.58. The molecule has 0 bridgehead atoms. The van der Waals surface area contributed by atoms with Gasteiger partial charge in [-0.2, -0.15) is 0 Å². The molecule has 6 heteroatoms. The van der Waals surface area contributed by atoms with Crippen LogP contribution in [0.5, 0.6) is 11.5 Å². The van der Waals surface area contributed by atoms with Crippen LogP contribution < -0.4 is 14.8 Å². The van der Waals surface area contributed by atoms with E-state index in [1.54, 1.807) is 30.1 Å². The van der Waals surface area contributed by atoms with Gasteiger partial charge in [0.05, 0.1) is 12.6 Å². The predicted octanol–water partition coefficient (Wildman–Crippen LogP) is 0.517. The molecule has 1 aliphatic heterocycles. The fourth-order valence-electron chi connectivity index (χ4n) is 1.87. The molecule has 1 aromatic carbocycles. The van der Waals surface area contributed by atoms with Crippen molar-refractivity contribution >= 4 is 5.91 Å². The van der Waals surface area contributed by atoms with E-state index in [9.17, 15) is 9.90 Å². The van der Waals surface area contributed by atoms with E-state index in [0.29, 0.717) is 24.6 Å². The fourth-order valence-corrected chi connectivity index (χ4v) is 1.87. The Morgan fingerprint density at radius 3 is 2.95 bits per heavy atom. The number of carbonyl (C=O) groups is 1. The number of carbonyl (C=O) groups excluding carboxylic acids is 1. The number of benzene rings is 1. The van der Waals surface area contributed by atoms with E-state index >= 15 is 0 Å². The normalized spacial score (nSPS) is 14.2. The summed E-state index contributed by atoms with van der Waals surface area (Å²) in [6.45, 7) is 3.32. The molecule has 2 N–H and O–H groups in total. The molecule has 1 atom stereocenters. The van der Waals surface area contributed by atoms with Crippen LogP contribution in [0.3, 0.4) is 0 Å². The Kier molecular flexibility index (Phi) is 4.81. The molecular formula is C14H20N2O4.